The first-order valence-electron chi connectivity index (χ1n) is 4.89. The first-order chi connectivity index (χ1) is 7.28. The number of thioether (sulfide) groups is 1. The Morgan fingerprint density at radius 2 is 2.13 bits per heavy atom. The Kier molecular flexibility index (Phi) is 3.16. The van der Waals surface area contributed by atoms with Gasteiger partial charge in [0.25, 0.3) is 0 Å². The molecular weight excluding hydrogens is 208 g/mol. The monoisotopic (exact) mass is 222 g/mol. The van der Waals surface area contributed by atoms with E-state index in [0.717, 1.165) is 22.4 Å². The van der Waals surface area contributed by atoms with Crippen LogP contribution in [0.5, 0.6) is 5.75 Å². The van der Waals surface area contributed by atoms with Gasteiger partial charge in [-0.2, -0.15) is 0 Å². The molecule has 1 aromatic rings. The summed E-state index contributed by atoms with van der Waals surface area (Å²) in [6, 6.07) is 8.28. The number of nitrogens with zero attached hydrogens (tertiary/aromatic N) is 1. The molecule has 0 aromatic heterocycles. The van der Waals surface area contributed by atoms with E-state index in [1.165, 1.54) is 0 Å². The third-order valence-electron chi connectivity index (χ3n) is 2.14. The molecule has 0 unspecified atom stereocenters. The van der Waals surface area contributed by atoms with E-state index in [0.29, 0.717) is 6.04 Å². The van der Waals surface area contributed by atoms with Crippen LogP contribution in [-0.4, -0.2) is 24.1 Å². The molecule has 2 rings (SSSR count). The summed E-state index contributed by atoms with van der Waals surface area (Å²) in [5.74, 6) is 1.94. The Morgan fingerprint density at radius 1 is 1.40 bits per heavy atom. The van der Waals surface area contributed by atoms with Crippen LogP contribution in [0.3, 0.4) is 0 Å². The summed E-state index contributed by atoms with van der Waals surface area (Å²) in [4.78, 5) is 4.46. The molecule has 15 heavy (non-hydrogen) atoms. The third-order valence-corrected chi connectivity index (χ3v) is 3.27. The van der Waals surface area contributed by atoms with E-state index in [2.05, 4.69) is 17.2 Å². The number of aliphatic imine (C=N–C) groups is 1. The molecule has 1 aliphatic heterocycles. The number of anilines is 1. The first-order valence-corrected chi connectivity index (χ1v) is 5.88. The predicted molar refractivity (Wildman–Crippen MR) is 66.0 cm³/mol. The smallest absolute Gasteiger partial charge is 0.161 e. The van der Waals surface area contributed by atoms with Crippen LogP contribution < -0.4 is 10.1 Å². The molecule has 80 valence electrons. The highest BCUT2D eigenvalue weighted by Gasteiger charge is 2.13. The Hall–Kier alpha value is -1.16. The highest BCUT2D eigenvalue weighted by atomic mass is 32.2. The van der Waals surface area contributed by atoms with Gasteiger partial charge in [0.1, 0.15) is 5.75 Å². The Labute approximate surface area is 93.9 Å². The van der Waals surface area contributed by atoms with Crippen molar-refractivity contribution in [1.82, 2.24) is 0 Å². The summed E-state index contributed by atoms with van der Waals surface area (Å²) in [6.07, 6.45) is 0. The molecule has 0 spiro atoms. The number of hydrogen-bond acceptors (Lipinski definition) is 4. The highest BCUT2D eigenvalue weighted by molar-refractivity contribution is 8.14. The van der Waals surface area contributed by atoms with E-state index in [1.54, 1.807) is 18.9 Å². The topological polar surface area (TPSA) is 33.6 Å². The molecule has 0 saturated heterocycles. The van der Waals surface area contributed by atoms with Gasteiger partial charge in [-0.1, -0.05) is 11.8 Å². The van der Waals surface area contributed by atoms with Crippen molar-refractivity contribution in [3.8, 4) is 5.75 Å². The maximum absolute atomic E-state index is 5.09. The highest BCUT2D eigenvalue weighted by Crippen LogP contribution is 2.21. The van der Waals surface area contributed by atoms with Crippen molar-refractivity contribution in [3.63, 3.8) is 0 Å². The summed E-state index contributed by atoms with van der Waals surface area (Å²) in [5, 5.41) is 4.29. The molecule has 3 nitrogen and oxygen atoms in total. The number of methoxy groups -OCH3 is 1. The van der Waals surface area contributed by atoms with Gasteiger partial charge in [-0.15, -0.1) is 0 Å². The number of ether oxygens (including phenoxy) is 1. The van der Waals surface area contributed by atoms with Gasteiger partial charge in [0.2, 0.25) is 0 Å². The minimum atomic E-state index is 0.427. The molecule has 0 amide bonds. The predicted octanol–water partition coefficient (Wildman–Crippen LogP) is 2.60. The van der Waals surface area contributed by atoms with Crippen LogP contribution in [0, 0.1) is 0 Å². The lowest BCUT2D eigenvalue weighted by atomic mass is 10.3. The summed E-state index contributed by atoms with van der Waals surface area (Å²) in [7, 11) is 1.67. The average molecular weight is 222 g/mol. The summed E-state index contributed by atoms with van der Waals surface area (Å²) >= 11 is 1.76. The molecule has 0 aliphatic carbocycles. The second-order valence-corrected chi connectivity index (χ2v) is 4.46. The Bertz CT molecular complexity index is 361. The molecule has 1 aromatic carbocycles. The number of amidine groups is 1. The zero-order chi connectivity index (χ0) is 10.7. The fourth-order valence-corrected chi connectivity index (χ4v) is 2.26. The molecule has 0 fully saturated rings. The second-order valence-electron chi connectivity index (χ2n) is 3.45. The van der Waals surface area contributed by atoms with Gasteiger partial charge in [-0.05, 0) is 31.2 Å². The van der Waals surface area contributed by atoms with E-state index < -0.39 is 0 Å². The quantitative estimate of drug-likeness (QED) is 0.835. The molecule has 1 N–H and O–H groups in total. The van der Waals surface area contributed by atoms with Crippen molar-refractivity contribution in [1.29, 1.82) is 0 Å². The van der Waals surface area contributed by atoms with Crippen LogP contribution in [-0.2, 0) is 0 Å². The number of hydrogen-bond donors (Lipinski definition) is 1. The molecule has 0 radical (unpaired) electrons. The molecule has 0 saturated carbocycles. The van der Waals surface area contributed by atoms with Gasteiger partial charge in [0.15, 0.2) is 5.17 Å². The van der Waals surface area contributed by atoms with Crippen molar-refractivity contribution in [2.24, 2.45) is 4.99 Å². The zero-order valence-corrected chi connectivity index (χ0v) is 9.67. The summed E-state index contributed by atoms with van der Waals surface area (Å²) in [5.41, 5.74) is 1.05. The van der Waals surface area contributed by atoms with E-state index in [4.69, 9.17) is 4.74 Å². The van der Waals surface area contributed by atoms with Gasteiger partial charge in [-0.3, -0.25) is 4.99 Å². The second kappa shape index (κ2) is 4.57. The Morgan fingerprint density at radius 3 is 2.67 bits per heavy atom. The van der Waals surface area contributed by atoms with Crippen molar-refractivity contribution in [2.45, 2.75) is 13.0 Å². The summed E-state index contributed by atoms with van der Waals surface area (Å²) < 4.78 is 5.09. The van der Waals surface area contributed by atoms with Crippen LogP contribution in [0.1, 0.15) is 6.92 Å². The largest absolute Gasteiger partial charge is 0.497 e. The van der Waals surface area contributed by atoms with Crippen LogP contribution in [0.25, 0.3) is 0 Å². The van der Waals surface area contributed by atoms with E-state index in [9.17, 15) is 0 Å². The summed E-state index contributed by atoms with van der Waals surface area (Å²) in [6.45, 7) is 2.12. The minimum absolute atomic E-state index is 0.427. The van der Waals surface area contributed by atoms with E-state index in [-0.39, 0.29) is 0 Å². The van der Waals surface area contributed by atoms with Crippen molar-refractivity contribution >= 4 is 22.6 Å². The van der Waals surface area contributed by atoms with Crippen LogP contribution in [0.15, 0.2) is 29.3 Å². The fraction of sp³-hybridized carbons (Fsp3) is 0.364. The van der Waals surface area contributed by atoms with Crippen molar-refractivity contribution in [2.75, 3.05) is 18.2 Å². The normalized spacial score (nSPS) is 19.9. The van der Waals surface area contributed by atoms with Gasteiger partial charge < -0.3 is 10.1 Å². The molecule has 4 heteroatoms. The maximum Gasteiger partial charge on any atom is 0.161 e. The minimum Gasteiger partial charge on any atom is -0.497 e. The standard InChI is InChI=1S/C11H14N2OS/c1-8-7-15-11(12-8)13-9-3-5-10(14-2)6-4-9/h3-6,8H,7H2,1-2H3,(H,12,13)/t8-/m0/s1. The molecule has 0 bridgehead atoms. The van der Waals surface area contributed by atoms with E-state index in [1.807, 2.05) is 24.3 Å². The van der Waals surface area contributed by atoms with Gasteiger partial charge >= 0.3 is 0 Å². The van der Waals surface area contributed by atoms with Gasteiger partial charge in [0.05, 0.1) is 13.2 Å². The molecular formula is C11H14N2OS. The lowest BCUT2D eigenvalue weighted by Crippen LogP contribution is -2.04. The molecule has 1 atom stereocenters. The van der Waals surface area contributed by atoms with Crippen molar-refractivity contribution < 1.29 is 4.74 Å². The molecule has 1 heterocycles. The number of rotatable bonds is 2. The van der Waals surface area contributed by atoms with Crippen LogP contribution in [0.2, 0.25) is 0 Å². The SMILES string of the molecule is COc1ccc(NC2=N[C@@H](C)CS2)cc1. The van der Waals surface area contributed by atoms with Gasteiger partial charge in [-0.25, -0.2) is 0 Å². The number of benzene rings is 1. The number of nitrogens with one attached hydrogen (secondary N) is 1. The lowest BCUT2D eigenvalue weighted by molar-refractivity contribution is 0.415. The van der Waals surface area contributed by atoms with Crippen LogP contribution >= 0.6 is 11.8 Å². The Balaban J connectivity index is 2.02. The van der Waals surface area contributed by atoms with Gasteiger partial charge in [0, 0.05) is 11.4 Å². The van der Waals surface area contributed by atoms with E-state index >= 15 is 0 Å². The lowest BCUT2D eigenvalue weighted by Gasteiger charge is -2.05. The maximum atomic E-state index is 5.09. The zero-order valence-electron chi connectivity index (χ0n) is 8.86. The first kappa shape index (κ1) is 10.4. The third kappa shape index (κ3) is 2.65. The van der Waals surface area contributed by atoms with Crippen LogP contribution in [0.4, 0.5) is 5.69 Å². The molecule has 1 aliphatic rings. The fourth-order valence-electron chi connectivity index (χ4n) is 1.34. The van der Waals surface area contributed by atoms with Crippen molar-refractivity contribution in [3.05, 3.63) is 24.3 Å². The average Bonchev–Trinajstić information content (AvgIpc) is 2.65.